The highest BCUT2D eigenvalue weighted by atomic mass is 16.5. The number of hydrogen-bond donors (Lipinski definition) is 1. The number of rotatable bonds is 5. The second kappa shape index (κ2) is 6.48. The van der Waals surface area contributed by atoms with Crippen LogP contribution in [0.5, 0.6) is 5.75 Å². The summed E-state index contributed by atoms with van der Waals surface area (Å²) in [4.78, 5) is 2.51. The highest BCUT2D eigenvalue weighted by Crippen LogP contribution is 2.36. The first-order valence-electron chi connectivity index (χ1n) is 8.09. The van der Waals surface area contributed by atoms with E-state index in [2.05, 4.69) is 47.5 Å². The van der Waals surface area contributed by atoms with Crippen LogP contribution in [-0.2, 0) is 0 Å². The zero-order valence-electron chi connectivity index (χ0n) is 13.0. The molecule has 2 atom stereocenters. The van der Waals surface area contributed by atoms with Crippen molar-refractivity contribution >= 4 is 5.71 Å². The molecule has 3 rings (SSSR count). The minimum atomic E-state index is 0.252. The molecule has 2 unspecified atom stereocenters. The summed E-state index contributed by atoms with van der Waals surface area (Å²) in [5, 5.41) is 4.59. The first-order chi connectivity index (χ1) is 10.3. The number of nitrogens with zero attached hydrogens (tertiary/aromatic N) is 2. The number of para-hydroxylation sites is 1. The number of nitrogens with one attached hydrogen (secondary N) is 1. The van der Waals surface area contributed by atoms with E-state index in [0.717, 1.165) is 44.8 Å². The van der Waals surface area contributed by atoms with Crippen LogP contribution in [0.3, 0.4) is 0 Å². The standard InChI is InChI=1S/C17H25N3O/c1-3-11-21-16-8-6-5-7-13(16)17-14-12-20(4-2)10-9-15(14)18-19-17/h5-8,14,17,19H,3-4,9-12H2,1-2H3. The summed E-state index contributed by atoms with van der Waals surface area (Å²) in [6.07, 6.45) is 2.11. The number of likely N-dealkylation sites (tertiary alicyclic amines) is 1. The van der Waals surface area contributed by atoms with Crippen molar-refractivity contribution in [2.45, 2.75) is 32.7 Å². The van der Waals surface area contributed by atoms with Gasteiger partial charge in [0.05, 0.1) is 12.6 Å². The van der Waals surface area contributed by atoms with Crippen LogP contribution in [0.4, 0.5) is 0 Å². The lowest BCUT2D eigenvalue weighted by Crippen LogP contribution is -2.41. The summed E-state index contributed by atoms with van der Waals surface area (Å²) in [7, 11) is 0. The van der Waals surface area contributed by atoms with Gasteiger partial charge in [0.1, 0.15) is 5.75 Å². The summed E-state index contributed by atoms with van der Waals surface area (Å²) < 4.78 is 5.93. The van der Waals surface area contributed by atoms with E-state index in [-0.39, 0.29) is 6.04 Å². The Morgan fingerprint density at radius 2 is 2.19 bits per heavy atom. The maximum Gasteiger partial charge on any atom is 0.124 e. The van der Waals surface area contributed by atoms with Crippen LogP contribution in [0.15, 0.2) is 29.4 Å². The molecule has 1 aromatic carbocycles. The average Bonchev–Trinajstić information content (AvgIpc) is 2.96. The fourth-order valence-electron chi connectivity index (χ4n) is 3.27. The molecular weight excluding hydrogens is 262 g/mol. The van der Waals surface area contributed by atoms with Gasteiger partial charge in [-0.3, -0.25) is 0 Å². The first kappa shape index (κ1) is 14.4. The van der Waals surface area contributed by atoms with Crippen molar-refractivity contribution in [3.63, 3.8) is 0 Å². The van der Waals surface area contributed by atoms with Crippen molar-refractivity contribution in [3.8, 4) is 5.75 Å². The van der Waals surface area contributed by atoms with Crippen molar-refractivity contribution in [2.24, 2.45) is 11.0 Å². The molecule has 2 aliphatic rings. The van der Waals surface area contributed by atoms with Crippen LogP contribution < -0.4 is 10.2 Å². The zero-order chi connectivity index (χ0) is 14.7. The summed E-state index contributed by atoms with van der Waals surface area (Å²) >= 11 is 0. The summed E-state index contributed by atoms with van der Waals surface area (Å²) in [5.41, 5.74) is 5.93. The maximum absolute atomic E-state index is 5.93. The lowest BCUT2D eigenvalue weighted by atomic mass is 9.86. The number of fused-ring (bicyclic) bond motifs is 1. The van der Waals surface area contributed by atoms with Gasteiger partial charge in [-0.2, -0.15) is 5.10 Å². The topological polar surface area (TPSA) is 36.9 Å². The molecule has 1 saturated heterocycles. The predicted octanol–water partition coefficient (Wildman–Crippen LogP) is 2.82. The maximum atomic E-state index is 5.93. The Hall–Kier alpha value is -1.55. The van der Waals surface area contributed by atoms with E-state index in [1.54, 1.807) is 0 Å². The highest BCUT2D eigenvalue weighted by molar-refractivity contribution is 5.90. The van der Waals surface area contributed by atoms with Gasteiger partial charge in [0.2, 0.25) is 0 Å². The van der Waals surface area contributed by atoms with Crippen LogP contribution in [0.1, 0.15) is 38.3 Å². The molecule has 0 spiro atoms. The van der Waals surface area contributed by atoms with Gasteiger partial charge >= 0.3 is 0 Å². The monoisotopic (exact) mass is 287 g/mol. The van der Waals surface area contributed by atoms with E-state index in [1.165, 1.54) is 11.3 Å². The van der Waals surface area contributed by atoms with Crippen molar-refractivity contribution in [2.75, 3.05) is 26.2 Å². The van der Waals surface area contributed by atoms with E-state index in [1.807, 2.05) is 6.07 Å². The molecule has 0 radical (unpaired) electrons. The van der Waals surface area contributed by atoms with E-state index < -0.39 is 0 Å². The van der Waals surface area contributed by atoms with Gasteiger partial charge in [-0.25, -0.2) is 0 Å². The molecule has 0 aliphatic carbocycles. The Kier molecular flexibility index (Phi) is 4.44. The Morgan fingerprint density at radius 1 is 1.33 bits per heavy atom. The molecule has 0 aromatic heterocycles. The van der Waals surface area contributed by atoms with E-state index >= 15 is 0 Å². The minimum absolute atomic E-state index is 0.252. The summed E-state index contributed by atoms with van der Waals surface area (Å²) in [6, 6.07) is 8.64. The zero-order valence-corrected chi connectivity index (χ0v) is 13.0. The van der Waals surface area contributed by atoms with Crippen LogP contribution >= 0.6 is 0 Å². The number of piperidine rings is 1. The molecule has 21 heavy (non-hydrogen) atoms. The Bertz CT molecular complexity index is 515. The van der Waals surface area contributed by atoms with Gasteiger partial charge in [0, 0.05) is 36.7 Å². The normalized spacial score (nSPS) is 25.1. The minimum Gasteiger partial charge on any atom is -0.493 e. The molecule has 1 N–H and O–H groups in total. The average molecular weight is 287 g/mol. The molecule has 1 fully saturated rings. The van der Waals surface area contributed by atoms with Gasteiger partial charge < -0.3 is 15.1 Å². The van der Waals surface area contributed by atoms with Crippen molar-refractivity contribution in [1.82, 2.24) is 10.3 Å². The van der Waals surface area contributed by atoms with Crippen LogP contribution in [0.25, 0.3) is 0 Å². The Labute approximate surface area is 127 Å². The molecule has 1 aromatic rings. The third-order valence-corrected chi connectivity index (χ3v) is 4.48. The molecular formula is C17H25N3O. The predicted molar refractivity (Wildman–Crippen MR) is 85.8 cm³/mol. The van der Waals surface area contributed by atoms with Crippen molar-refractivity contribution in [1.29, 1.82) is 0 Å². The van der Waals surface area contributed by atoms with E-state index in [9.17, 15) is 0 Å². The molecule has 2 heterocycles. The smallest absolute Gasteiger partial charge is 0.124 e. The number of hydrazone groups is 1. The molecule has 2 aliphatic heterocycles. The van der Waals surface area contributed by atoms with Gasteiger partial charge in [0.25, 0.3) is 0 Å². The Balaban J connectivity index is 1.81. The number of hydrogen-bond acceptors (Lipinski definition) is 4. The summed E-state index contributed by atoms with van der Waals surface area (Å²) in [5.74, 6) is 1.48. The SMILES string of the molecule is CCCOc1ccccc1C1NN=C2CCN(CC)CC21. The second-order valence-corrected chi connectivity index (χ2v) is 5.85. The molecule has 0 bridgehead atoms. The number of benzene rings is 1. The van der Waals surface area contributed by atoms with E-state index in [4.69, 9.17) is 4.74 Å². The van der Waals surface area contributed by atoms with Crippen molar-refractivity contribution < 1.29 is 4.74 Å². The third-order valence-electron chi connectivity index (χ3n) is 4.48. The van der Waals surface area contributed by atoms with Crippen molar-refractivity contribution in [3.05, 3.63) is 29.8 Å². The third kappa shape index (κ3) is 2.91. The van der Waals surface area contributed by atoms with Gasteiger partial charge in [-0.15, -0.1) is 0 Å². The lowest BCUT2D eigenvalue weighted by Gasteiger charge is -2.33. The quantitative estimate of drug-likeness (QED) is 0.905. The number of ether oxygens (including phenoxy) is 1. The largest absolute Gasteiger partial charge is 0.493 e. The lowest BCUT2D eigenvalue weighted by molar-refractivity contribution is 0.235. The highest BCUT2D eigenvalue weighted by Gasteiger charge is 2.37. The fourth-order valence-corrected chi connectivity index (χ4v) is 3.27. The second-order valence-electron chi connectivity index (χ2n) is 5.85. The van der Waals surface area contributed by atoms with Crippen LogP contribution in [-0.4, -0.2) is 36.9 Å². The van der Waals surface area contributed by atoms with Gasteiger partial charge in [-0.05, 0) is 19.0 Å². The van der Waals surface area contributed by atoms with Gasteiger partial charge in [-0.1, -0.05) is 32.0 Å². The van der Waals surface area contributed by atoms with Crippen LogP contribution in [0, 0.1) is 5.92 Å². The molecule has 4 heteroatoms. The summed E-state index contributed by atoms with van der Waals surface area (Å²) in [6.45, 7) is 8.48. The van der Waals surface area contributed by atoms with E-state index in [0.29, 0.717) is 5.92 Å². The molecule has 0 amide bonds. The van der Waals surface area contributed by atoms with Crippen LogP contribution in [0.2, 0.25) is 0 Å². The van der Waals surface area contributed by atoms with Gasteiger partial charge in [0.15, 0.2) is 0 Å². The molecule has 4 nitrogen and oxygen atoms in total. The Morgan fingerprint density at radius 3 is 3.00 bits per heavy atom. The first-order valence-corrected chi connectivity index (χ1v) is 8.09. The molecule has 114 valence electrons. The molecule has 0 saturated carbocycles. The fraction of sp³-hybridized carbons (Fsp3) is 0.588.